The SMILES string of the molecule is COc1cc(C#N)cc(Cl)c1C(C)=O. The highest BCUT2D eigenvalue weighted by Crippen LogP contribution is 2.28. The maximum atomic E-state index is 11.2. The van der Waals surface area contributed by atoms with Crippen LogP contribution in [-0.4, -0.2) is 12.9 Å². The van der Waals surface area contributed by atoms with Gasteiger partial charge in [0, 0.05) is 0 Å². The summed E-state index contributed by atoms with van der Waals surface area (Å²) >= 11 is 5.84. The molecule has 0 N–H and O–H groups in total. The molecular weight excluding hydrogens is 202 g/mol. The number of carbonyl (C=O) groups is 1. The van der Waals surface area contributed by atoms with Crippen molar-refractivity contribution in [2.75, 3.05) is 7.11 Å². The van der Waals surface area contributed by atoms with Gasteiger partial charge in [0.1, 0.15) is 5.75 Å². The first-order valence-corrected chi connectivity index (χ1v) is 4.26. The molecule has 0 saturated heterocycles. The number of nitriles is 1. The topological polar surface area (TPSA) is 50.1 Å². The Morgan fingerprint density at radius 1 is 1.57 bits per heavy atom. The quantitative estimate of drug-likeness (QED) is 0.703. The van der Waals surface area contributed by atoms with E-state index in [4.69, 9.17) is 21.6 Å². The number of ketones is 1. The van der Waals surface area contributed by atoms with Crippen molar-refractivity contribution in [2.24, 2.45) is 0 Å². The number of benzene rings is 1. The van der Waals surface area contributed by atoms with E-state index in [2.05, 4.69) is 0 Å². The fourth-order valence-electron chi connectivity index (χ4n) is 1.15. The molecule has 3 nitrogen and oxygen atoms in total. The van der Waals surface area contributed by atoms with Crippen molar-refractivity contribution in [1.29, 1.82) is 5.26 Å². The average Bonchev–Trinajstić information content (AvgIpc) is 2.15. The molecule has 0 aromatic heterocycles. The molecule has 0 heterocycles. The number of methoxy groups -OCH3 is 1. The van der Waals surface area contributed by atoms with E-state index in [0.717, 1.165) is 0 Å². The molecule has 0 aliphatic rings. The van der Waals surface area contributed by atoms with Crippen molar-refractivity contribution in [3.63, 3.8) is 0 Å². The van der Waals surface area contributed by atoms with Crippen LogP contribution < -0.4 is 4.74 Å². The minimum absolute atomic E-state index is 0.184. The predicted molar refractivity (Wildman–Crippen MR) is 52.7 cm³/mol. The molecule has 0 amide bonds. The maximum Gasteiger partial charge on any atom is 0.165 e. The summed E-state index contributed by atoms with van der Waals surface area (Å²) < 4.78 is 4.97. The number of nitrogens with zero attached hydrogens (tertiary/aromatic N) is 1. The largest absolute Gasteiger partial charge is 0.496 e. The van der Waals surface area contributed by atoms with E-state index in [1.165, 1.54) is 26.2 Å². The Balaban J connectivity index is 3.44. The summed E-state index contributed by atoms with van der Waals surface area (Å²) in [5, 5.41) is 8.91. The second kappa shape index (κ2) is 4.12. The molecule has 0 bridgehead atoms. The van der Waals surface area contributed by atoms with Gasteiger partial charge >= 0.3 is 0 Å². The number of Topliss-reactive ketones (excluding diaryl/α,β-unsaturated/α-hetero) is 1. The van der Waals surface area contributed by atoms with E-state index in [1.54, 1.807) is 0 Å². The van der Waals surface area contributed by atoms with Crippen LogP contribution in [0.5, 0.6) is 5.75 Å². The molecule has 0 saturated carbocycles. The highest BCUT2D eigenvalue weighted by molar-refractivity contribution is 6.34. The van der Waals surface area contributed by atoms with Crippen LogP contribution in [0.4, 0.5) is 0 Å². The minimum Gasteiger partial charge on any atom is -0.496 e. The number of ether oxygens (including phenoxy) is 1. The molecular formula is C10H8ClNO2. The summed E-state index contributed by atoms with van der Waals surface area (Å²) in [7, 11) is 1.43. The molecule has 1 rings (SSSR count). The normalized spacial score (nSPS) is 9.29. The Bertz CT molecular complexity index is 421. The lowest BCUT2D eigenvalue weighted by atomic mass is 10.1. The van der Waals surface area contributed by atoms with Gasteiger partial charge in [-0.1, -0.05) is 11.6 Å². The van der Waals surface area contributed by atoms with Crippen molar-refractivity contribution in [3.05, 3.63) is 28.3 Å². The zero-order chi connectivity index (χ0) is 10.7. The van der Waals surface area contributed by atoms with Crippen LogP contribution in [0, 0.1) is 11.3 Å². The lowest BCUT2D eigenvalue weighted by Gasteiger charge is -2.07. The van der Waals surface area contributed by atoms with Crippen molar-refractivity contribution in [1.82, 2.24) is 0 Å². The number of carbonyl (C=O) groups excluding carboxylic acids is 1. The van der Waals surface area contributed by atoms with Gasteiger partial charge in [0.15, 0.2) is 5.78 Å². The molecule has 0 atom stereocenters. The highest BCUT2D eigenvalue weighted by Gasteiger charge is 2.13. The number of hydrogen-bond donors (Lipinski definition) is 0. The molecule has 0 fully saturated rings. The Labute approximate surface area is 86.9 Å². The second-order valence-corrected chi connectivity index (χ2v) is 3.11. The smallest absolute Gasteiger partial charge is 0.165 e. The van der Waals surface area contributed by atoms with E-state index in [9.17, 15) is 4.79 Å². The molecule has 0 unspecified atom stereocenters. The van der Waals surface area contributed by atoms with Crippen molar-refractivity contribution in [3.8, 4) is 11.8 Å². The lowest BCUT2D eigenvalue weighted by molar-refractivity contribution is 0.101. The Hall–Kier alpha value is -1.53. The lowest BCUT2D eigenvalue weighted by Crippen LogP contribution is -1.99. The molecule has 0 spiro atoms. The van der Waals surface area contributed by atoms with Crippen molar-refractivity contribution >= 4 is 17.4 Å². The molecule has 0 aliphatic carbocycles. The molecule has 1 aromatic carbocycles. The third-order valence-electron chi connectivity index (χ3n) is 1.76. The van der Waals surface area contributed by atoms with E-state index in [0.29, 0.717) is 16.9 Å². The van der Waals surface area contributed by atoms with Crippen LogP contribution in [0.2, 0.25) is 5.02 Å². The second-order valence-electron chi connectivity index (χ2n) is 2.70. The fourth-order valence-corrected chi connectivity index (χ4v) is 1.49. The molecule has 72 valence electrons. The van der Waals surface area contributed by atoms with Crippen LogP contribution in [0.1, 0.15) is 22.8 Å². The first-order valence-electron chi connectivity index (χ1n) is 3.88. The van der Waals surface area contributed by atoms with Gasteiger partial charge in [0.25, 0.3) is 0 Å². The third-order valence-corrected chi connectivity index (χ3v) is 2.05. The maximum absolute atomic E-state index is 11.2. The standard InChI is InChI=1S/C10H8ClNO2/c1-6(13)10-8(11)3-7(5-12)4-9(10)14-2/h3-4H,1-2H3. The summed E-state index contributed by atoms with van der Waals surface area (Å²) in [5.41, 5.74) is 0.685. The number of hydrogen-bond acceptors (Lipinski definition) is 3. The minimum atomic E-state index is -0.184. The van der Waals surface area contributed by atoms with E-state index < -0.39 is 0 Å². The summed E-state index contributed by atoms with van der Waals surface area (Å²) in [4.78, 5) is 11.2. The van der Waals surface area contributed by atoms with E-state index in [-0.39, 0.29) is 10.8 Å². The number of halogens is 1. The van der Waals surface area contributed by atoms with Crippen LogP contribution in [0.25, 0.3) is 0 Å². The summed E-state index contributed by atoms with van der Waals surface area (Å²) in [6, 6.07) is 4.87. The molecule has 0 radical (unpaired) electrons. The predicted octanol–water partition coefficient (Wildman–Crippen LogP) is 2.42. The van der Waals surface area contributed by atoms with Gasteiger partial charge in [-0.15, -0.1) is 0 Å². The van der Waals surface area contributed by atoms with Crippen molar-refractivity contribution < 1.29 is 9.53 Å². The average molecular weight is 210 g/mol. The van der Waals surface area contributed by atoms with Gasteiger partial charge in [0.2, 0.25) is 0 Å². The van der Waals surface area contributed by atoms with Gasteiger partial charge < -0.3 is 4.74 Å². The molecule has 14 heavy (non-hydrogen) atoms. The molecule has 0 aliphatic heterocycles. The third kappa shape index (κ3) is 1.86. The zero-order valence-corrected chi connectivity index (χ0v) is 8.55. The van der Waals surface area contributed by atoms with Crippen molar-refractivity contribution in [2.45, 2.75) is 6.92 Å². The van der Waals surface area contributed by atoms with Crippen LogP contribution in [0.15, 0.2) is 12.1 Å². The Morgan fingerprint density at radius 3 is 2.64 bits per heavy atom. The van der Waals surface area contributed by atoms with Crippen LogP contribution in [0.3, 0.4) is 0 Å². The van der Waals surface area contributed by atoms with Crippen LogP contribution >= 0.6 is 11.6 Å². The van der Waals surface area contributed by atoms with Gasteiger partial charge in [-0.2, -0.15) is 5.26 Å². The fraction of sp³-hybridized carbons (Fsp3) is 0.200. The number of rotatable bonds is 2. The molecule has 1 aromatic rings. The van der Waals surface area contributed by atoms with Gasteiger partial charge in [-0.3, -0.25) is 4.79 Å². The monoisotopic (exact) mass is 209 g/mol. The van der Waals surface area contributed by atoms with E-state index in [1.807, 2.05) is 6.07 Å². The van der Waals surface area contributed by atoms with Gasteiger partial charge in [-0.05, 0) is 19.1 Å². The zero-order valence-electron chi connectivity index (χ0n) is 7.80. The van der Waals surface area contributed by atoms with E-state index >= 15 is 0 Å². The highest BCUT2D eigenvalue weighted by atomic mass is 35.5. The summed E-state index contributed by atoms with van der Waals surface area (Å²) in [5.74, 6) is 0.151. The molecule has 4 heteroatoms. The van der Waals surface area contributed by atoms with Gasteiger partial charge in [-0.25, -0.2) is 0 Å². The summed E-state index contributed by atoms with van der Waals surface area (Å²) in [6.45, 7) is 1.40. The Morgan fingerprint density at radius 2 is 2.21 bits per heavy atom. The Kier molecular flexibility index (Phi) is 3.10. The van der Waals surface area contributed by atoms with Gasteiger partial charge in [0.05, 0.1) is 29.3 Å². The summed E-state index contributed by atoms with van der Waals surface area (Å²) in [6.07, 6.45) is 0. The van der Waals surface area contributed by atoms with Crippen LogP contribution in [-0.2, 0) is 0 Å². The first kappa shape index (κ1) is 10.6. The first-order chi connectivity index (χ1) is 6.60.